The number of nitrogens with one attached hydrogen (secondary N) is 1. The van der Waals surface area contributed by atoms with Crippen LogP contribution in [0.15, 0.2) is 11.1 Å². The fourth-order valence-electron chi connectivity index (χ4n) is 1.08. The van der Waals surface area contributed by atoms with Gasteiger partial charge in [-0.25, -0.2) is 0 Å². The molecule has 0 aromatic heterocycles. The van der Waals surface area contributed by atoms with E-state index in [0.29, 0.717) is 5.92 Å². The molecule has 1 unspecified atom stereocenters. The molecule has 1 aliphatic rings. The zero-order valence-electron chi connectivity index (χ0n) is 6.69. The van der Waals surface area contributed by atoms with Gasteiger partial charge < -0.3 is 5.32 Å². The topological polar surface area (TPSA) is 29.1 Å². The fourth-order valence-corrected chi connectivity index (χ4v) is 1.08. The summed E-state index contributed by atoms with van der Waals surface area (Å²) in [7, 11) is 0. The van der Waals surface area contributed by atoms with E-state index in [-0.39, 0.29) is 5.91 Å². The summed E-state index contributed by atoms with van der Waals surface area (Å²) in [6.07, 6.45) is 0. The Morgan fingerprint density at radius 1 is 1.50 bits per heavy atom. The van der Waals surface area contributed by atoms with E-state index in [4.69, 9.17) is 0 Å². The SMILES string of the molecule is CC1=C(C)C(C)CNC1=O. The van der Waals surface area contributed by atoms with Gasteiger partial charge >= 0.3 is 0 Å². The average molecular weight is 139 g/mol. The highest BCUT2D eigenvalue weighted by Crippen LogP contribution is 2.17. The predicted molar refractivity (Wildman–Crippen MR) is 40.5 cm³/mol. The van der Waals surface area contributed by atoms with Crippen LogP contribution in [-0.4, -0.2) is 12.5 Å². The van der Waals surface area contributed by atoms with Gasteiger partial charge in [-0.15, -0.1) is 0 Å². The zero-order chi connectivity index (χ0) is 7.72. The average Bonchev–Trinajstić information content (AvgIpc) is 1.93. The Hall–Kier alpha value is -0.790. The van der Waals surface area contributed by atoms with Gasteiger partial charge in [0.15, 0.2) is 0 Å². The summed E-state index contributed by atoms with van der Waals surface area (Å²) in [6, 6.07) is 0. The van der Waals surface area contributed by atoms with Crippen molar-refractivity contribution in [2.75, 3.05) is 6.54 Å². The summed E-state index contributed by atoms with van der Waals surface area (Å²) in [4.78, 5) is 11.0. The maximum Gasteiger partial charge on any atom is 0.246 e. The van der Waals surface area contributed by atoms with Gasteiger partial charge in [0.1, 0.15) is 0 Å². The third-order valence-corrected chi connectivity index (χ3v) is 2.24. The van der Waals surface area contributed by atoms with Crippen molar-refractivity contribution in [3.05, 3.63) is 11.1 Å². The third-order valence-electron chi connectivity index (χ3n) is 2.24. The van der Waals surface area contributed by atoms with Crippen molar-refractivity contribution in [2.45, 2.75) is 20.8 Å². The highest BCUT2D eigenvalue weighted by molar-refractivity contribution is 5.94. The predicted octanol–water partition coefficient (Wildman–Crippen LogP) is 1.09. The van der Waals surface area contributed by atoms with Crippen LogP contribution in [0.1, 0.15) is 20.8 Å². The second-order valence-corrected chi connectivity index (χ2v) is 2.92. The summed E-state index contributed by atoms with van der Waals surface area (Å²) in [5.41, 5.74) is 2.11. The lowest BCUT2D eigenvalue weighted by atomic mass is 9.94. The minimum atomic E-state index is 0.0931. The lowest BCUT2D eigenvalue weighted by molar-refractivity contribution is -0.118. The van der Waals surface area contributed by atoms with Crippen LogP contribution in [0, 0.1) is 5.92 Å². The number of hydrogen-bond acceptors (Lipinski definition) is 1. The van der Waals surface area contributed by atoms with E-state index in [1.807, 2.05) is 13.8 Å². The molecule has 0 spiro atoms. The molecule has 0 aliphatic carbocycles. The third kappa shape index (κ3) is 1.06. The van der Waals surface area contributed by atoms with E-state index in [1.54, 1.807) is 0 Å². The molecule has 1 rings (SSSR count). The van der Waals surface area contributed by atoms with Gasteiger partial charge in [0, 0.05) is 12.1 Å². The fraction of sp³-hybridized carbons (Fsp3) is 0.625. The molecule has 0 aromatic rings. The van der Waals surface area contributed by atoms with Crippen LogP contribution in [0.5, 0.6) is 0 Å². The van der Waals surface area contributed by atoms with Gasteiger partial charge in [0.05, 0.1) is 0 Å². The lowest BCUT2D eigenvalue weighted by Crippen LogP contribution is -2.34. The number of rotatable bonds is 0. The van der Waals surface area contributed by atoms with Crippen LogP contribution in [0.25, 0.3) is 0 Å². The molecule has 2 heteroatoms. The van der Waals surface area contributed by atoms with E-state index in [0.717, 1.165) is 12.1 Å². The maximum absolute atomic E-state index is 11.0. The Bertz CT molecular complexity index is 193. The first kappa shape index (κ1) is 7.32. The van der Waals surface area contributed by atoms with Crippen molar-refractivity contribution < 1.29 is 4.79 Å². The molecule has 0 saturated carbocycles. The van der Waals surface area contributed by atoms with Gasteiger partial charge in [-0.1, -0.05) is 12.5 Å². The van der Waals surface area contributed by atoms with Gasteiger partial charge in [0.25, 0.3) is 0 Å². The lowest BCUT2D eigenvalue weighted by Gasteiger charge is -2.21. The van der Waals surface area contributed by atoms with E-state index >= 15 is 0 Å². The zero-order valence-corrected chi connectivity index (χ0v) is 6.69. The standard InChI is InChI=1S/C8H13NO/c1-5-4-9-8(10)7(3)6(5)2/h5H,4H2,1-3H3,(H,9,10). The molecule has 1 aliphatic heterocycles. The van der Waals surface area contributed by atoms with Gasteiger partial charge in [-0.2, -0.15) is 0 Å². The highest BCUT2D eigenvalue weighted by atomic mass is 16.1. The molecule has 0 saturated heterocycles. The minimum absolute atomic E-state index is 0.0931. The quantitative estimate of drug-likeness (QED) is 0.534. The van der Waals surface area contributed by atoms with E-state index < -0.39 is 0 Å². The van der Waals surface area contributed by atoms with Gasteiger partial charge in [-0.3, -0.25) is 4.79 Å². The summed E-state index contributed by atoms with van der Waals surface area (Å²) in [5, 5.41) is 2.82. The Morgan fingerprint density at radius 2 is 2.10 bits per heavy atom. The molecular weight excluding hydrogens is 126 g/mol. The van der Waals surface area contributed by atoms with Crippen LogP contribution in [0.3, 0.4) is 0 Å². The Balaban J connectivity index is 2.92. The second-order valence-electron chi connectivity index (χ2n) is 2.92. The van der Waals surface area contributed by atoms with Crippen LogP contribution < -0.4 is 5.32 Å². The van der Waals surface area contributed by atoms with Gasteiger partial charge in [0.2, 0.25) is 5.91 Å². The van der Waals surface area contributed by atoms with Crippen LogP contribution in [-0.2, 0) is 4.79 Å². The molecular formula is C8H13NO. The van der Waals surface area contributed by atoms with Crippen molar-refractivity contribution in [3.8, 4) is 0 Å². The second kappa shape index (κ2) is 2.45. The Labute approximate surface area is 61.3 Å². The first-order valence-electron chi connectivity index (χ1n) is 3.58. The normalized spacial score (nSPS) is 26.7. The number of carbonyl (C=O) groups excluding carboxylic acids is 1. The maximum atomic E-state index is 11.0. The molecule has 1 atom stereocenters. The van der Waals surface area contributed by atoms with Crippen LogP contribution in [0.4, 0.5) is 0 Å². The largest absolute Gasteiger partial charge is 0.352 e. The van der Waals surface area contributed by atoms with Crippen molar-refractivity contribution >= 4 is 5.91 Å². The van der Waals surface area contributed by atoms with Crippen LogP contribution in [0.2, 0.25) is 0 Å². The van der Waals surface area contributed by atoms with Crippen molar-refractivity contribution in [3.63, 3.8) is 0 Å². The summed E-state index contributed by atoms with van der Waals surface area (Å²) >= 11 is 0. The molecule has 2 nitrogen and oxygen atoms in total. The van der Waals surface area contributed by atoms with E-state index in [1.165, 1.54) is 5.57 Å². The number of carbonyl (C=O) groups is 1. The van der Waals surface area contributed by atoms with Crippen LogP contribution >= 0.6 is 0 Å². The molecule has 0 bridgehead atoms. The Morgan fingerprint density at radius 3 is 2.60 bits per heavy atom. The summed E-state index contributed by atoms with van der Waals surface area (Å²) < 4.78 is 0. The van der Waals surface area contributed by atoms with E-state index in [2.05, 4.69) is 12.2 Å². The number of hydrogen-bond donors (Lipinski definition) is 1. The van der Waals surface area contributed by atoms with Crippen molar-refractivity contribution in [1.29, 1.82) is 0 Å². The molecule has 1 heterocycles. The monoisotopic (exact) mass is 139 g/mol. The molecule has 10 heavy (non-hydrogen) atoms. The minimum Gasteiger partial charge on any atom is -0.352 e. The van der Waals surface area contributed by atoms with Gasteiger partial charge in [-0.05, 0) is 19.8 Å². The highest BCUT2D eigenvalue weighted by Gasteiger charge is 2.18. The van der Waals surface area contributed by atoms with E-state index in [9.17, 15) is 4.79 Å². The smallest absolute Gasteiger partial charge is 0.246 e. The van der Waals surface area contributed by atoms with Crippen molar-refractivity contribution in [1.82, 2.24) is 5.32 Å². The molecule has 0 radical (unpaired) electrons. The molecule has 56 valence electrons. The van der Waals surface area contributed by atoms with Crippen molar-refractivity contribution in [2.24, 2.45) is 5.92 Å². The number of amides is 1. The summed E-state index contributed by atoms with van der Waals surface area (Å²) in [6.45, 7) is 6.82. The molecule has 0 fully saturated rings. The molecule has 1 amide bonds. The first-order valence-corrected chi connectivity index (χ1v) is 3.58. The first-order chi connectivity index (χ1) is 4.63. The Kier molecular flexibility index (Phi) is 1.79. The molecule has 0 aromatic carbocycles. The summed E-state index contributed by atoms with van der Waals surface area (Å²) in [5.74, 6) is 0.605. The molecule has 1 N–H and O–H groups in total.